The van der Waals surface area contributed by atoms with E-state index in [1.807, 2.05) is 61.5 Å². The fourth-order valence-corrected chi connectivity index (χ4v) is 3.37. The Morgan fingerprint density at radius 3 is 2.35 bits per heavy atom. The molecule has 2 aromatic carbocycles. The average Bonchev–Trinajstić information content (AvgIpc) is 3.44. The fourth-order valence-electron chi connectivity index (χ4n) is 3.37. The Labute approximate surface area is 155 Å². The highest BCUT2D eigenvalue weighted by Crippen LogP contribution is 2.42. The van der Waals surface area contributed by atoms with Crippen molar-refractivity contribution in [3.8, 4) is 0 Å². The Hall–Kier alpha value is -2.62. The van der Waals surface area contributed by atoms with Crippen LogP contribution in [0.25, 0.3) is 0 Å². The van der Waals surface area contributed by atoms with Crippen LogP contribution >= 0.6 is 0 Å². The molecule has 2 unspecified atom stereocenters. The molecule has 1 saturated carbocycles. The molecule has 0 radical (unpaired) electrons. The number of nitrogens with one attached hydrogen (secondary N) is 1. The van der Waals surface area contributed by atoms with Crippen molar-refractivity contribution in [3.05, 3.63) is 60.2 Å². The van der Waals surface area contributed by atoms with Crippen molar-refractivity contribution in [2.75, 3.05) is 16.8 Å². The normalized spacial score (nSPS) is 18.5. The van der Waals surface area contributed by atoms with E-state index in [9.17, 15) is 9.59 Å². The summed E-state index contributed by atoms with van der Waals surface area (Å²) in [5.74, 6) is -0.143. The molecule has 1 fully saturated rings. The SMILES string of the molecule is CCN(C(=O)C1CC1C(=O)Nc1ccccc1C(C)C)c1ccccc1. The van der Waals surface area contributed by atoms with Crippen LogP contribution in [0.2, 0.25) is 0 Å². The molecule has 4 nitrogen and oxygen atoms in total. The minimum absolute atomic E-state index is 0.0380. The third kappa shape index (κ3) is 3.79. The molecule has 2 aromatic rings. The summed E-state index contributed by atoms with van der Waals surface area (Å²) >= 11 is 0. The average molecular weight is 350 g/mol. The maximum atomic E-state index is 12.8. The highest BCUT2D eigenvalue weighted by atomic mass is 16.2. The van der Waals surface area contributed by atoms with Crippen LogP contribution in [0.5, 0.6) is 0 Å². The summed E-state index contributed by atoms with van der Waals surface area (Å²) in [5, 5.41) is 3.03. The van der Waals surface area contributed by atoms with E-state index in [1.165, 1.54) is 0 Å². The fraction of sp³-hybridized carbons (Fsp3) is 0.364. The highest BCUT2D eigenvalue weighted by molar-refractivity contribution is 6.04. The molecule has 136 valence electrons. The highest BCUT2D eigenvalue weighted by Gasteiger charge is 2.49. The van der Waals surface area contributed by atoms with Gasteiger partial charge in [0.25, 0.3) is 0 Å². The van der Waals surface area contributed by atoms with Gasteiger partial charge in [-0.25, -0.2) is 0 Å². The lowest BCUT2D eigenvalue weighted by atomic mass is 10.0. The quantitative estimate of drug-likeness (QED) is 0.837. The number of carbonyl (C=O) groups is 2. The van der Waals surface area contributed by atoms with E-state index in [0.717, 1.165) is 16.9 Å². The van der Waals surface area contributed by atoms with Gasteiger partial charge in [-0.2, -0.15) is 0 Å². The first-order valence-corrected chi connectivity index (χ1v) is 9.29. The van der Waals surface area contributed by atoms with Crippen molar-refractivity contribution >= 4 is 23.2 Å². The zero-order chi connectivity index (χ0) is 18.7. The van der Waals surface area contributed by atoms with Gasteiger partial charge in [0.2, 0.25) is 11.8 Å². The largest absolute Gasteiger partial charge is 0.326 e. The molecule has 0 heterocycles. The molecule has 2 atom stereocenters. The van der Waals surface area contributed by atoms with Crippen LogP contribution in [0.4, 0.5) is 11.4 Å². The summed E-state index contributed by atoms with van der Waals surface area (Å²) in [6.07, 6.45) is 0.623. The summed E-state index contributed by atoms with van der Waals surface area (Å²) in [5.41, 5.74) is 2.85. The number of hydrogen-bond acceptors (Lipinski definition) is 2. The van der Waals surface area contributed by atoms with Crippen molar-refractivity contribution in [3.63, 3.8) is 0 Å². The van der Waals surface area contributed by atoms with Crippen LogP contribution in [0, 0.1) is 11.8 Å². The molecule has 0 spiro atoms. The Morgan fingerprint density at radius 1 is 1.04 bits per heavy atom. The van der Waals surface area contributed by atoms with Gasteiger partial charge in [-0.1, -0.05) is 50.2 Å². The lowest BCUT2D eigenvalue weighted by Crippen LogP contribution is -2.33. The van der Waals surface area contributed by atoms with Crippen molar-refractivity contribution in [2.45, 2.75) is 33.1 Å². The van der Waals surface area contributed by atoms with Crippen molar-refractivity contribution in [1.29, 1.82) is 0 Å². The second kappa shape index (κ2) is 7.73. The second-order valence-corrected chi connectivity index (χ2v) is 7.10. The van der Waals surface area contributed by atoms with E-state index in [-0.39, 0.29) is 23.7 Å². The molecule has 1 aliphatic rings. The van der Waals surface area contributed by atoms with Gasteiger partial charge in [-0.05, 0) is 43.0 Å². The molecule has 0 saturated heterocycles. The van der Waals surface area contributed by atoms with Crippen LogP contribution in [0.3, 0.4) is 0 Å². The Kier molecular flexibility index (Phi) is 5.40. The minimum atomic E-state index is -0.236. The molecular weight excluding hydrogens is 324 g/mol. The number of benzene rings is 2. The van der Waals surface area contributed by atoms with E-state index < -0.39 is 0 Å². The molecule has 0 aliphatic heterocycles. The third-order valence-electron chi connectivity index (χ3n) is 4.94. The lowest BCUT2D eigenvalue weighted by Gasteiger charge is -2.21. The number of anilines is 2. The number of hydrogen-bond donors (Lipinski definition) is 1. The Balaban J connectivity index is 1.66. The van der Waals surface area contributed by atoms with Crippen LogP contribution < -0.4 is 10.2 Å². The predicted octanol–water partition coefficient (Wildman–Crippen LogP) is 4.44. The van der Waals surface area contributed by atoms with Gasteiger partial charge in [-0.3, -0.25) is 9.59 Å². The van der Waals surface area contributed by atoms with Crippen LogP contribution in [-0.2, 0) is 9.59 Å². The molecule has 1 N–H and O–H groups in total. The van der Waals surface area contributed by atoms with Gasteiger partial charge < -0.3 is 10.2 Å². The maximum Gasteiger partial charge on any atom is 0.230 e. The number of para-hydroxylation sites is 2. The topological polar surface area (TPSA) is 49.4 Å². The summed E-state index contributed by atoms with van der Waals surface area (Å²) in [4.78, 5) is 27.2. The lowest BCUT2D eigenvalue weighted by molar-refractivity contribution is -0.123. The van der Waals surface area contributed by atoms with Gasteiger partial charge >= 0.3 is 0 Å². The van der Waals surface area contributed by atoms with Crippen molar-refractivity contribution in [1.82, 2.24) is 0 Å². The van der Waals surface area contributed by atoms with E-state index in [0.29, 0.717) is 18.9 Å². The van der Waals surface area contributed by atoms with E-state index in [2.05, 4.69) is 19.2 Å². The monoisotopic (exact) mass is 350 g/mol. The minimum Gasteiger partial charge on any atom is -0.326 e. The first kappa shape index (κ1) is 18.2. The van der Waals surface area contributed by atoms with Crippen LogP contribution in [-0.4, -0.2) is 18.4 Å². The Bertz CT molecular complexity index is 786. The number of amides is 2. The molecule has 4 heteroatoms. The standard InChI is InChI=1S/C22H26N2O2/c1-4-24(16-10-6-5-7-11-16)22(26)19-14-18(19)21(25)23-20-13-9-8-12-17(20)15(2)3/h5-13,15,18-19H,4,14H2,1-3H3,(H,23,25). The zero-order valence-corrected chi connectivity index (χ0v) is 15.6. The van der Waals surface area contributed by atoms with Crippen LogP contribution in [0.1, 0.15) is 38.7 Å². The van der Waals surface area contributed by atoms with Gasteiger partial charge in [-0.15, -0.1) is 0 Å². The molecule has 3 rings (SSSR count). The second-order valence-electron chi connectivity index (χ2n) is 7.10. The first-order valence-electron chi connectivity index (χ1n) is 9.29. The van der Waals surface area contributed by atoms with Gasteiger partial charge in [0.05, 0.1) is 11.8 Å². The summed E-state index contributed by atoms with van der Waals surface area (Å²) in [6, 6.07) is 17.5. The van der Waals surface area contributed by atoms with Crippen LogP contribution in [0.15, 0.2) is 54.6 Å². The number of rotatable bonds is 6. The Morgan fingerprint density at radius 2 is 1.69 bits per heavy atom. The molecule has 0 aromatic heterocycles. The molecule has 0 bridgehead atoms. The van der Waals surface area contributed by atoms with Crippen molar-refractivity contribution < 1.29 is 9.59 Å². The summed E-state index contributed by atoms with van der Waals surface area (Å²) < 4.78 is 0. The van der Waals surface area contributed by atoms with Crippen molar-refractivity contribution in [2.24, 2.45) is 11.8 Å². The van der Waals surface area contributed by atoms with E-state index in [1.54, 1.807) is 4.90 Å². The van der Waals surface area contributed by atoms with Gasteiger partial charge in [0.1, 0.15) is 0 Å². The van der Waals surface area contributed by atoms with Gasteiger partial charge in [0.15, 0.2) is 0 Å². The summed E-state index contributed by atoms with van der Waals surface area (Å²) in [7, 11) is 0. The molecule has 26 heavy (non-hydrogen) atoms. The smallest absolute Gasteiger partial charge is 0.230 e. The third-order valence-corrected chi connectivity index (χ3v) is 4.94. The molecule has 2 amide bonds. The zero-order valence-electron chi connectivity index (χ0n) is 15.6. The number of carbonyl (C=O) groups excluding carboxylic acids is 2. The predicted molar refractivity (Wildman–Crippen MR) is 105 cm³/mol. The van der Waals surface area contributed by atoms with Gasteiger partial charge in [0, 0.05) is 17.9 Å². The van der Waals surface area contributed by atoms with E-state index in [4.69, 9.17) is 0 Å². The maximum absolute atomic E-state index is 12.8. The van der Waals surface area contributed by atoms with E-state index >= 15 is 0 Å². The summed E-state index contributed by atoms with van der Waals surface area (Å²) in [6.45, 7) is 6.77. The first-order chi connectivity index (χ1) is 12.5. The molecular formula is C22H26N2O2. The number of nitrogens with zero attached hydrogens (tertiary/aromatic N) is 1. The molecule has 1 aliphatic carbocycles.